The predicted octanol–water partition coefficient (Wildman–Crippen LogP) is 4.10. The van der Waals surface area contributed by atoms with E-state index in [1.165, 1.54) is 12.0 Å². The number of carbonyl (C=O) groups is 2. The van der Waals surface area contributed by atoms with Crippen molar-refractivity contribution in [2.24, 2.45) is 0 Å². The molecule has 0 amide bonds. The number of benzene rings is 2. The molecule has 0 saturated carbocycles. The fourth-order valence-corrected chi connectivity index (χ4v) is 4.56. The Balaban J connectivity index is 1.60. The molecular formula is C25H29N3O3. The lowest BCUT2D eigenvalue weighted by Crippen LogP contribution is -2.39. The van der Waals surface area contributed by atoms with Crippen molar-refractivity contribution in [2.75, 3.05) is 18.9 Å². The molecule has 4 rings (SSSR count). The Morgan fingerprint density at radius 1 is 1.16 bits per heavy atom. The van der Waals surface area contributed by atoms with Crippen LogP contribution in [0.3, 0.4) is 0 Å². The van der Waals surface area contributed by atoms with E-state index in [0.717, 1.165) is 36.8 Å². The number of nitrogen functional groups attached to an aromatic ring is 1. The minimum Gasteiger partial charge on any atom is -0.429 e. The third-order valence-electron chi connectivity index (χ3n) is 6.61. The van der Waals surface area contributed by atoms with Crippen molar-refractivity contribution in [3.05, 3.63) is 65.4 Å². The maximum Gasteiger partial charge on any atom is 0.298 e. The molecule has 0 spiro atoms. The maximum absolute atomic E-state index is 13.0. The van der Waals surface area contributed by atoms with Crippen LogP contribution in [0.5, 0.6) is 5.75 Å². The van der Waals surface area contributed by atoms with E-state index in [1.54, 1.807) is 28.9 Å². The Hall–Kier alpha value is -3.12. The van der Waals surface area contributed by atoms with Gasteiger partial charge in [0.2, 0.25) is 0 Å². The van der Waals surface area contributed by atoms with Gasteiger partial charge in [0, 0.05) is 28.8 Å². The molecular weight excluding hydrogens is 390 g/mol. The maximum atomic E-state index is 13.0. The number of nitrogens with zero attached hydrogens (tertiary/aromatic N) is 2. The van der Waals surface area contributed by atoms with E-state index in [0.29, 0.717) is 35.3 Å². The van der Waals surface area contributed by atoms with Gasteiger partial charge >= 0.3 is 0 Å². The van der Waals surface area contributed by atoms with Crippen LogP contribution in [0.15, 0.2) is 48.7 Å². The zero-order valence-electron chi connectivity index (χ0n) is 18.1. The van der Waals surface area contributed by atoms with Crippen LogP contribution in [0.1, 0.15) is 60.5 Å². The Labute approximate surface area is 182 Å². The second-order valence-electron chi connectivity index (χ2n) is 8.36. The van der Waals surface area contributed by atoms with E-state index in [-0.39, 0.29) is 5.78 Å². The van der Waals surface area contributed by atoms with Gasteiger partial charge in [-0.2, -0.15) is 0 Å². The molecule has 6 nitrogen and oxygen atoms in total. The third-order valence-corrected chi connectivity index (χ3v) is 6.61. The summed E-state index contributed by atoms with van der Waals surface area (Å²) in [5.74, 6) is 7.03. The Morgan fingerprint density at radius 3 is 2.48 bits per heavy atom. The summed E-state index contributed by atoms with van der Waals surface area (Å²) in [6.07, 6.45) is 5.38. The molecule has 0 aliphatic carbocycles. The lowest BCUT2D eigenvalue weighted by molar-refractivity contribution is -0.120. The van der Waals surface area contributed by atoms with Crippen molar-refractivity contribution in [1.82, 2.24) is 9.58 Å². The van der Waals surface area contributed by atoms with Crippen molar-refractivity contribution in [3.63, 3.8) is 0 Å². The molecule has 1 atom stereocenters. The number of fused-ring (bicyclic) bond motifs is 1. The minimum atomic E-state index is -0.0677. The summed E-state index contributed by atoms with van der Waals surface area (Å²) in [7, 11) is 0. The van der Waals surface area contributed by atoms with Gasteiger partial charge in [0.1, 0.15) is 5.75 Å². The van der Waals surface area contributed by atoms with E-state index in [9.17, 15) is 9.59 Å². The second-order valence-corrected chi connectivity index (χ2v) is 8.36. The molecule has 1 fully saturated rings. The van der Waals surface area contributed by atoms with Crippen molar-refractivity contribution in [2.45, 2.75) is 45.1 Å². The first-order valence-corrected chi connectivity index (χ1v) is 10.9. The van der Waals surface area contributed by atoms with Crippen LogP contribution in [0.25, 0.3) is 10.9 Å². The first kappa shape index (κ1) is 21.1. The summed E-state index contributed by atoms with van der Waals surface area (Å²) < 4.78 is 6.48. The van der Waals surface area contributed by atoms with Gasteiger partial charge < -0.3 is 15.5 Å². The molecule has 1 unspecified atom stereocenters. The molecule has 1 saturated heterocycles. The van der Waals surface area contributed by atoms with E-state index in [4.69, 9.17) is 10.6 Å². The zero-order chi connectivity index (χ0) is 22.0. The second kappa shape index (κ2) is 8.94. The smallest absolute Gasteiger partial charge is 0.298 e. The number of carbonyl (C=O) groups excluding carboxylic acids is 2. The topological polar surface area (TPSA) is 77.6 Å². The molecule has 1 aliphatic rings. The van der Waals surface area contributed by atoms with Crippen molar-refractivity contribution in [1.29, 1.82) is 0 Å². The van der Waals surface area contributed by atoms with Crippen LogP contribution in [0.4, 0.5) is 0 Å². The standard InChI is InChI=1S/C25H29N3O3/c1-3-17(2)27-12-10-18(11-13-27)23-15-28(26)24-9-6-20(14-22(23)24)25(30)19-4-7-21(8-5-19)31-16-29/h4-9,14-18H,3,10-13,26H2,1-2H3. The molecule has 31 heavy (non-hydrogen) atoms. The van der Waals surface area contributed by atoms with Crippen molar-refractivity contribution < 1.29 is 14.3 Å². The summed E-state index contributed by atoms with van der Waals surface area (Å²) >= 11 is 0. The quantitative estimate of drug-likeness (QED) is 0.354. The number of nitrogens with two attached hydrogens (primary N) is 1. The van der Waals surface area contributed by atoms with Gasteiger partial charge in [-0.3, -0.25) is 14.3 Å². The Kier molecular flexibility index (Phi) is 6.09. The van der Waals surface area contributed by atoms with Gasteiger partial charge in [-0.05, 0) is 93.2 Å². The number of hydrogen-bond donors (Lipinski definition) is 1. The normalized spacial score (nSPS) is 16.3. The summed E-state index contributed by atoms with van der Waals surface area (Å²) in [6.45, 7) is 7.08. The molecule has 2 heterocycles. The molecule has 0 bridgehead atoms. The van der Waals surface area contributed by atoms with Gasteiger partial charge in [0.05, 0.1) is 5.52 Å². The highest BCUT2D eigenvalue weighted by Gasteiger charge is 2.26. The fourth-order valence-electron chi connectivity index (χ4n) is 4.56. The average Bonchev–Trinajstić information content (AvgIpc) is 3.14. The molecule has 1 aromatic heterocycles. The fraction of sp³-hybridized carbons (Fsp3) is 0.360. The molecule has 6 heteroatoms. The van der Waals surface area contributed by atoms with Crippen LogP contribution < -0.4 is 10.6 Å². The lowest BCUT2D eigenvalue weighted by atomic mass is 9.88. The van der Waals surface area contributed by atoms with Gasteiger partial charge in [-0.25, -0.2) is 0 Å². The van der Waals surface area contributed by atoms with Crippen LogP contribution in [-0.2, 0) is 4.79 Å². The molecule has 162 valence electrons. The number of ketones is 1. The van der Waals surface area contributed by atoms with Crippen molar-refractivity contribution >= 4 is 23.2 Å². The number of aromatic nitrogens is 1. The number of hydrogen-bond acceptors (Lipinski definition) is 5. The predicted molar refractivity (Wildman–Crippen MR) is 122 cm³/mol. The van der Waals surface area contributed by atoms with Gasteiger partial charge in [-0.1, -0.05) is 6.92 Å². The molecule has 2 N–H and O–H groups in total. The first-order chi connectivity index (χ1) is 15.0. The third kappa shape index (κ3) is 4.21. The van der Waals surface area contributed by atoms with E-state index >= 15 is 0 Å². The van der Waals surface area contributed by atoms with Gasteiger partial charge in [0.25, 0.3) is 6.47 Å². The highest BCUT2D eigenvalue weighted by atomic mass is 16.5. The van der Waals surface area contributed by atoms with Crippen LogP contribution in [0, 0.1) is 0 Å². The molecule has 3 aromatic rings. The largest absolute Gasteiger partial charge is 0.429 e. The lowest BCUT2D eigenvalue weighted by Gasteiger charge is -2.35. The highest BCUT2D eigenvalue weighted by molar-refractivity contribution is 6.10. The zero-order valence-corrected chi connectivity index (χ0v) is 18.1. The first-order valence-electron chi connectivity index (χ1n) is 10.9. The molecule has 2 aromatic carbocycles. The van der Waals surface area contributed by atoms with Gasteiger partial charge in [0.15, 0.2) is 5.78 Å². The van der Waals surface area contributed by atoms with Gasteiger partial charge in [-0.15, -0.1) is 0 Å². The van der Waals surface area contributed by atoms with E-state index < -0.39 is 0 Å². The summed E-state index contributed by atoms with van der Waals surface area (Å²) in [5, 5.41) is 1.05. The number of likely N-dealkylation sites (tertiary alicyclic amines) is 1. The van der Waals surface area contributed by atoms with E-state index in [2.05, 4.69) is 18.7 Å². The Bertz CT molecular complexity index is 1080. The molecule has 1 aliphatic heterocycles. The van der Waals surface area contributed by atoms with Crippen molar-refractivity contribution in [3.8, 4) is 5.75 Å². The van der Waals surface area contributed by atoms with E-state index in [1.807, 2.05) is 24.4 Å². The SMILES string of the molecule is CCC(C)N1CCC(c2cn(N)c3ccc(C(=O)c4ccc(OC=O)cc4)cc23)CC1. The number of piperidine rings is 1. The highest BCUT2D eigenvalue weighted by Crippen LogP contribution is 2.35. The number of rotatable bonds is 7. The monoisotopic (exact) mass is 419 g/mol. The summed E-state index contributed by atoms with van der Waals surface area (Å²) in [6, 6.07) is 12.9. The van der Waals surface area contributed by atoms with Crippen LogP contribution >= 0.6 is 0 Å². The summed E-state index contributed by atoms with van der Waals surface area (Å²) in [5.41, 5.74) is 3.34. The summed E-state index contributed by atoms with van der Waals surface area (Å²) in [4.78, 5) is 26.1. The minimum absolute atomic E-state index is 0.0677. The molecule has 0 radical (unpaired) electrons. The van der Waals surface area contributed by atoms with Crippen LogP contribution in [0.2, 0.25) is 0 Å². The number of ether oxygens (including phenoxy) is 1. The average molecular weight is 420 g/mol. The Morgan fingerprint density at radius 2 is 1.84 bits per heavy atom. The van der Waals surface area contributed by atoms with Crippen LogP contribution in [-0.4, -0.2) is 41.0 Å².